The second-order valence-corrected chi connectivity index (χ2v) is 6.29. The first kappa shape index (κ1) is 13.9. The Labute approximate surface area is 100 Å². The van der Waals surface area contributed by atoms with E-state index >= 15 is 0 Å². The van der Waals surface area contributed by atoms with E-state index < -0.39 is 0 Å². The number of piperidine rings is 1. The summed E-state index contributed by atoms with van der Waals surface area (Å²) in [5.41, 5.74) is 0.204. The molecule has 1 aliphatic heterocycles. The van der Waals surface area contributed by atoms with Crippen LogP contribution in [0.3, 0.4) is 0 Å². The summed E-state index contributed by atoms with van der Waals surface area (Å²) in [5.74, 6) is 0.643. The number of hydrogen-bond acceptors (Lipinski definition) is 3. The van der Waals surface area contributed by atoms with Gasteiger partial charge in [-0.15, -0.1) is 0 Å². The van der Waals surface area contributed by atoms with Gasteiger partial charge in [0.05, 0.1) is 6.10 Å². The molecular formula is C13H28N2O. The summed E-state index contributed by atoms with van der Waals surface area (Å²) in [6, 6.07) is 0. The van der Waals surface area contributed by atoms with Crippen molar-refractivity contribution in [3.63, 3.8) is 0 Å². The van der Waals surface area contributed by atoms with Crippen LogP contribution < -0.4 is 5.32 Å². The van der Waals surface area contributed by atoms with Crippen molar-refractivity contribution in [3.05, 3.63) is 0 Å². The summed E-state index contributed by atoms with van der Waals surface area (Å²) in [7, 11) is 0. The molecule has 0 amide bonds. The van der Waals surface area contributed by atoms with Crippen molar-refractivity contribution in [2.75, 3.05) is 26.2 Å². The van der Waals surface area contributed by atoms with Gasteiger partial charge in [0.1, 0.15) is 0 Å². The van der Waals surface area contributed by atoms with Gasteiger partial charge in [0.15, 0.2) is 0 Å². The van der Waals surface area contributed by atoms with Crippen LogP contribution in [0.2, 0.25) is 0 Å². The lowest BCUT2D eigenvalue weighted by molar-refractivity contribution is 0.0629. The van der Waals surface area contributed by atoms with Crippen molar-refractivity contribution in [1.82, 2.24) is 10.2 Å². The molecule has 3 nitrogen and oxygen atoms in total. The fourth-order valence-corrected chi connectivity index (χ4v) is 2.18. The third kappa shape index (κ3) is 5.83. The maximum absolute atomic E-state index is 9.59. The van der Waals surface area contributed by atoms with Crippen LogP contribution >= 0.6 is 0 Å². The zero-order chi connectivity index (χ0) is 12.2. The topological polar surface area (TPSA) is 35.5 Å². The maximum Gasteiger partial charge on any atom is 0.0667 e. The summed E-state index contributed by atoms with van der Waals surface area (Å²) >= 11 is 0. The standard InChI is InChI=1S/C13H28N2O/c1-11(8-14-13(2,3)4)9-15-7-5-6-12(16)10-15/h11-12,14,16H,5-10H2,1-4H3. The first-order chi connectivity index (χ1) is 7.37. The van der Waals surface area contributed by atoms with Gasteiger partial charge >= 0.3 is 0 Å². The normalized spacial score (nSPS) is 25.7. The van der Waals surface area contributed by atoms with Crippen LogP contribution in [-0.2, 0) is 0 Å². The Balaban J connectivity index is 2.20. The van der Waals surface area contributed by atoms with Gasteiger partial charge in [-0.2, -0.15) is 0 Å². The van der Waals surface area contributed by atoms with E-state index in [0.717, 1.165) is 39.0 Å². The molecule has 0 aromatic rings. The Bertz CT molecular complexity index is 201. The van der Waals surface area contributed by atoms with Crippen molar-refractivity contribution >= 4 is 0 Å². The minimum absolute atomic E-state index is 0.100. The van der Waals surface area contributed by atoms with Crippen molar-refractivity contribution in [2.45, 2.75) is 52.2 Å². The molecular weight excluding hydrogens is 200 g/mol. The number of rotatable bonds is 4. The monoisotopic (exact) mass is 228 g/mol. The lowest BCUT2D eigenvalue weighted by atomic mass is 10.0. The maximum atomic E-state index is 9.59. The quantitative estimate of drug-likeness (QED) is 0.765. The number of aliphatic hydroxyl groups excluding tert-OH is 1. The zero-order valence-corrected chi connectivity index (χ0v) is 11.3. The van der Waals surface area contributed by atoms with E-state index in [4.69, 9.17) is 0 Å². The van der Waals surface area contributed by atoms with E-state index in [1.807, 2.05) is 0 Å². The molecule has 1 heterocycles. The molecule has 0 spiro atoms. The average molecular weight is 228 g/mol. The predicted octanol–water partition coefficient (Wildman–Crippen LogP) is 1.47. The third-order valence-corrected chi connectivity index (χ3v) is 3.03. The van der Waals surface area contributed by atoms with Gasteiger partial charge in [0.2, 0.25) is 0 Å². The molecule has 1 fully saturated rings. The highest BCUT2D eigenvalue weighted by Crippen LogP contribution is 2.12. The van der Waals surface area contributed by atoms with Crippen LogP contribution in [0.15, 0.2) is 0 Å². The number of aliphatic hydroxyl groups is 1. The molecule has 0 saturated carbocycles. The average Bonchev–Trinajstić information content (AvgIpc) is 2.14. The zero-order valence-electron chi connectivity index (χ0n) is 11.3. The highest BCUT2D eigenvalue weighted by Gasteiger charge is 2.19. The van der Waals surface area contributed by atoms with Crippen molar-refractivity contribution in [1.29, 1.82) is 0 Å². The SMILES string of the molecule is CC(CNC(C)(C)C)CN1CCCC(O)C1. The molecule has 2 atom stereocenters. The second-order valence-electron chi connectivity index (χ2n) is 6.29. The highest BCUT2D eigenvalue weighted by atomic mass is 16.3. The highest BCUT2D eigenvalue weighted by molar-refractivity contribution is 4.76. The predicted molar refractivity (Wildman–Crippen MR) is 68.6 cm³/mol. The molecule has 0 bridgehead atoms. The van der Waals surface area contributed by atoms with Crippen molar-refractivity contribution < 1.29 is 5.11 Å². The molecule has 1 rings (SSSR count). The lowest BCUT2D eigenvalue weighted by Gasteiger charge is -2.33. The molecule has 16 heavy (non-hydrogen) atoms. The number of nitrogens with zero attached hydrogens (tertiary/aromatic N) is 1. The molecule has 2 unspecified atom stereocenters. The molecule has 2 N–H and O–H groups in total. The Morgan fingerprint density at radius 3 is 2.69 bits per heavy atom. The molecule has 1 saturated heterocycles. The Morgan fingerprint density at radius 1 is 1.44 bits per heavy atom. The fraction of sp³-hybridized carbons (Fsp3) is 1.00. The molecule has 0 aliphatic carbocycles. The Morgan fingerprint density at radius 2 is 2.12 bits per heavy atom. The minimum atomic E-state index is -0.100. The molecule has 0 radical (unpaired) electrons. The van der Waals surface area contributed by atoms with E-state index in [1.165, 1.54) is 0 Å². The van der Waals surface area contributed by atoms with E-state index in [9.17, 15) is 5.11 Å². The van der Waals surface area contributed by atoms with E-state index in [1.54, 1.807) is 0 Å². The summed E-state index contributed by atoms with van der Waals surface area (Å²) < 4.78 is 0. The molecule has 96 valence electrons. The van der Waals surface area contributed by atoms with Crippen LogP contribution in [0.5, 0.6) is 0 Å². The van der Waals surface area contributed by atoms with Crippen LogP contribution in [0, 0.1) is 5.92 Å². The second kappa shape index (κ2) is 5.99. The number of nitrogens with one attached hydrogen (secondary N) is 1. The van der Waals surface area contributed by atoms with Gasteiger partial charge in [-0.05, 0) is 52.6 Å². The van der Waals surface area contributed by atoms with Crippen molar-refractivity contribution in [2.24, 2.45) is 5.92 Å². The largest absolute Gasteiger partial charge is 0.392 e. The molecule has 1 aliphatic rings. The number of likely N-dealkylation sites (tertiary alicyclic amines) is 1. The molecule has 0 aromatic carbocycles. The Kier molecular flexibility index (Phi) is 5.22. The fourth-order valence-electron chi connectivity index (χ4n) is 2.18. The van der Waals surface area contributed by atoms with Crippen molar-refractivity contribution in [3.8, 4) is 0 Å². The van der Waals surface area contributed by atoms with Gasteiger partial charge in [-0.1, -0.05) is 6.92 Å². The number of β-amino-alcohol motifs (C(OH)–C–C–N with tert-alkyl or cyclic N) is 1. The van der Waals surface area contributed by atoms with E-state index in [-0.39, 0.29) is 11.6 Å². The van der Waals surface area contributed by atoms with Crippen LogP contribution in [-0.4, -0.2) is 47.8 Å². The smallest absolute Gasteiger partial charge is 0.0667 e. The minimum Gasteiger partial charge on any atom is -0.392 e. The third-order valence-electron chi connectivity index (χ3n) is 3.03. The van der Waals surface area contributed by atoms with Crippen LogP contribution in [0.4, 0.5) is 0 Å². The van der Waals surface area contributed by atoms with E-state index in [2.05, 4.69) is 37.9 Å². The number of hydrogen-bond donors (Lipinski definition) is 2. The summed E-state index contributed by atoms with van der Waals surface area (Å²) in [6.45, 7) is 13.0. The van der Waals surface area contributed by atoms with Gasteiger partial charge in [0.25, 0.3) is 0 Å². The van der Waals surface area contributed by atoms with E-state index in [0.29, 0.717) is 5.92 Å². The van der Waals surface area contributed by atoms with Crippen LogP contribution in [0.1, 0.15) is 40.5 Å². The summed E-state index contributed by atoms with van der Waals surface area (Å²) in [6.07, 6.45) is 2.02. The lowest BCUT2D eigenvalue weighted by Crippen LogP contribution is -2.44. The van der Waals surface area contributed by atoms with Crippen LogP contribution in [0.25, 0.3) is 0 Å². The Hall–Kier alpha value is -0.120. The van der Waals surface area contributed by atoms with Gasteiger partial charge < -0.3 is 15.3 Å². The first-order valence-corrected chi connectivity index (χ1v) is 6.52. The first-order valence-electron chi connectivity index (χ1n) is 6.52. The molecule has 3 heteroatoms. The van der Waals surface area contributed by atoms with Gasteiger partial charge in [-0.25, -0.2) is 0 Å². The summed E-state index contributed by atoms with van der Waals surface area (Å²) in [4.78, 5) is 2.39. The summed E-state index contributed by atoms with van der Waals surface area (Å²) in [5, 5.41) is 13.1. The van der Waals surface area contributed by atoms with Gasteiger partial charge in [-0.3, -0.25) is 0 Å². The van der Waals surface area contributed by atoms with Gasteiger partial charge in [0, 0.05) is 18.6 Å². The molecule has 0 aromatic heterocycles.